The molecule has 5 nitrogen and oxygen atoms in total. The van der Waals surface area contributed by atoms with Gasteiger partial charge in [-0.15, -0.1) is 0 Å². The quantitative estimate of drug-likeness (QED) is 0.586. The van der Waals surface area contributed by atoms with Crippen LogP contribution in [-0.4, -0.2) is 58.9 Å². The van der Waals surface area contributed by atoms with Crippen LogP contribution in [-0.2, 0) is 4.79 Å². The molecular formula is C11H22N2O3. The largest absolute Gasteiger partial charge is 0.394 e. The van der Waals surface area contributed by atoms with Crippen molar-refractivity contribution in [2.75, 3.05) is 26.3 Å². The van der Waals surface area contributed by atoms with Crippen molar-refractivity contribution in [1.82, 2.24) is 10.2 Å². The van der Waals surface area contributed by atoms with Crippen LogP contribution in [0.1, 0.15) is 26.7 Å². The van der Waals surface area contributed by atoms with Gasteiger partial charge in [0.15, 0.2) is 0 Å². The van der Waals surface area contributed by atoms with Crippen LogP contribution in [0.5, 0.6) is 0 Å². The van der Waals surface area contributed by atoms with Crippen molar-refractivity contribution in [3.63, 3.8) is 0 Å². The number of aliphatic hydroxyl groups excluding tert-OH is 2. The van der Waals surface area contributed by atoms with Crippen molar-refractivity contribution in [3.05, 3.63) is 0 Å². The number of amides is 1. The molecular weight excluding hydrogens is 208 g/mol. The second-order valence-electron chi connectivity index (χ2n) is 4.56. The molecule has 1 heterocycles. The van der Waals surface area contributed by atoms with Gasteiger partial charge in [0.2, 0.25) is 5.91 Å². The summed E-state index contributed by atoms with van der Waals surface area (Å²) in [6.07, 6.45) is 1.73. The molecule has 1 fully saturated rings. The number of aliphatic hydroxyl groups is 2. The molecule has 1 unspecified atom stereocenters. The molecule has 3 N–H and O–H groups in total. The summed E-state index contributed by atoms with van der Waals surface area (Å²) >= 11 is 0. The maximum absolute atomic E-state index is 12.1. The van der Waals surface area contributed by atoms with E-state index in [2.05, 4.69) is 5.32 Å². The average molecular weight is 230 g/mol. The molecule has 1 saturated heterocycles. The van der Waals surface area contributed by atoms with E-state index in [1.807, 2.05) is 6.92 Å². The maximum Gasteiger partial charge on any atom is 0.240 e. The predicted molar refractivity (Wildman–Crippen MR) is 61.0 cm³/mol. The normalized spacial score (nSPS) is 22.6. The maximum atomic E-state index is 12.1. The van der Waals surface area contributed by atoms with Gasteiger partial charge in [0, 0.05) is 6.54 Å². The summed E-state index contributed by atoms with van der Waals surface area (Å²) in [6.45, 7) is 4.60. The zero-order valence-corrected chi connectivity index (χ0v) is 10.1. The van der Waals surface area contributed by atoms with Gasteiger partial charge in [-0.25, -0.2) is 0 Å². The Kier molecular flexibility index (Phi) is 4.70. The van der Waals surface area contributed by atoms with Crippen LogP contribution in [0.2, 0.25) is 0 Å². The molecule has 0 aromatic carbocycles. The summed E-state index contributed by atoms with van der Waals surface area (Å²) in [4.78, 5) is 13.7. The molecule has 0 aromatic heterocycles. The standard InChI is InChI=1S/C11H22N2O3/c1-3-12-9-5-4-6-13(10(9)16)11(2,7-14)8-15/h9,12,14-15H,3-8H2,1-2H3. The van der Waals surface area contributed by atoms with Crippen molar-refractivity contribution in [3.8, 4) is 0 Å². The fraction of sp³-hybridized carbons (Fsp3) is 0.909. The highest BCUT2D eigenvalue weighted by atomic mass is 16.3. The number of nitrogens with one attached hydrogen (secondary N) is 1. The van der Waals surface area contributed by atoms with E-state index in [1.54, 1.807) is 11.8 Å². The van der Waals surface area contributed by atoms with E-state index < -0.39 is 5.54 Å². The van der Waals surface area contributed by atoms with Crippen LogP contribution < -0.4 is 5.32 Å². The van der Waals surface area contributed by atoms with Crippen molar-refractivity contribution in [1.29, 1.82) is 0 Å². The number of rotatable bonds is 5. The Morgan fingerprint density at radius 1 is 1.50 bits per heavy atom. The van der Waals surface area contributed by atoms with Gasteiger partial charge in [-0.05, 0) is 26.3 Å². The number of nitrogens with zero attached hydrogens (tertiary/aromatic N) is 1. The van der Waals surface area contributed by atoms with E-state index in [1.165, 1.54) is 0 Å². The number of likely N-dealkylation sites (N-methyl/N-ethyl adjacent to an activating group) is 1. The highest BCUT2D eigenvalue weighted by Crippen LogP contribution is 2.21. The first-order chi connectivity index (χ1) is 7.59. The summed E-state index contributed by atoms with van der Waals surface area (Å²) < 4.78 is 0. The second kappa shape index (κ2) is 5.61. The van der Waals surface area contributed by atoms with Gasteiger partial charge in [0.25, 0.3) is 0 Å². The Bertz CT molecular complexity index is 239. The van der Waals surface area contributed by atoms with Crippen molar-refractivity contribution in [2.24, 2.45) is 0 Å². The van der Waals surface area contributed by atoms with E-state index in [-0.39, 0.29) is 25.2 Å². The number of carbonyl (C=O) groups excluding carboxylic acids is 1. The first-order valence-corrected chi connectivity index (χ1v) is 5.85. The number of carbonyl (C=O) groups is 1. The topological polar surface area (TPSA) is 72.8 Å². The molecule has 0 bridgehead atoms. The highest BCUT2D eigenvalue weighted by Gasteiger charge is 2.39. The average Bonchev–Trinajstić information content (AvgIpc) is 2.31. The molecule has 1 amide bonds. The Labute approximate surface area is 96.4 Å². The van der Waals surface area contributed by atoms with Crippen molar-refractivity contribution >= 4 is 5.91 Å². The van der Waals surface area contributed by atoms with Gasteiger partial charge in [-0.3, -0.25) is 4.79 Å². The number of likely N-dealkylation sites (tertiary alicyclic amines) is 1. The number of hydrogen-bond donors (Lipinski definition) is 3. The minimum absolute atomic E-state index is 0.0151. The molecule has 1 aliphatic heterocycles. The minimum Gasteiger partial charge on any atom is -0.394 e. The molecule has 1 aliphatic rings. The van der Waals surface area contributed by atoms with Crippen molar-refractivity contribution < 1.29 is 15.0 Å². The van der Waals surface area contributed by atoms with Crippen LogP contribution in [0.4, 0.5) is 0 Å². The third kappa shape index (κ3) is 2.53. The van der Waals surface area contributed by atoms with Gasteiger partial charge >= 0.3 is 0 Å². The summed E-state index contributed by atoms with van der Waals surface area (Å²) in [6, 6.07) is -0.170. The fourth-order valence-corrected chi connectivity index (χ4v) is 2.07. The minimum atomic E-state index is -0.842. The molecule has 0 saturated carbocycles. The Morgan fingerprint density at radius 3 is 2.62 bits per heavy atom. The van der Waals surface area contributed by atoms with Gasteiger partial charge in [-0.1, -0.05) is 6.92 Å². The summed E-state index contributed by atoms with van der Waals surface area (Å²) in [5.41, 5.74) is -0.842. The molecule has 0 aliphatic carbocycles. The van der Waals surface area contributed by atoms with E-state index in [9.17, 15) is 15.0 Å². The first-order valence-electron chi connectivity index (χ1n) is 5.85. The molecule has 94 valence electrons. The third-order valence-corrected chi connectivity index (χ3v) is 3.22. The lowest BCUT2D eigenvalue weighted by Gasteiger charge is -2.43. The smallest absolute Gasteiger partial charge is 0.240 e. The molecule has 0 aromatic rings. The zero-order valence-electron chi connectivity index (χ0n) is 10.1. The van der Waals surface area contributed by atoms with Crippen LogP contribution in [0.25, 0.3) is 0 Å². The zero-order chi connectivity index (χ0) is 12.2. The molecule has 1 rings (SSSR count). The SMILES string of the molecule is CCNC1CCCN(C(C)(CO)CO)C1=O. The van der Waals surface area contributed by atoms with E-state index in [0.29, 0.717) is 6.54 Å². The number of piperidine rings is 1. The van der Waals surface area contributed by atoms with Crippen LogP contribution >= 0.6 is 0 Å². The van der Waals surface area contributed by atoms with Gasteiger partial charge in [0.1, 0.15) is 0 Å². The monoisotopic (exact) mass is 230 g/mol. The third-order valence-electron chi connectivity index (χ3n) is 3.22. The Morgan fingerprint density at radius 2 is 2.12 bits per heavy atom. The fourth-order valence-electron chi connectivity index (χ4n) is 2.07. The number of hydrogen-bond acceptors (Lipinski definition) is 4. The lowest BCUT2D eigenvalue weighted by Crippen LogP contribution is -2.61. The Hall–Kier alpha value is -0.650. The van der Waals surface area contributed by atoms with E-state index in [0.717, 1.165) is 19.4 Å². The predicted octanol–water partition coefficient (Wildman–Crippen LogP) is -0.670. The molecule has 0 spiro atoms. The van der Waals surface area contributed by atoms with Crippen LogP contribution in [0.15, 0.2) is 0 Å². The molecule has 1 atom stereocenters. The second-order valence-corrected chi connectivity index (χ2v) is 4.56. The van der Waals surface area contributed by atoms with Gasteiger partial charge in [0.05, 0.1) is 24.8 Å². The van der Waals surface area contributed by atoms with Crippen LogP contribution in [0, 0.1) is 0 Å². The molecule has 0 radical (unpaired) electrons. The van der Waals surface area contributed by atoms with E-state index in [4.69, 9.17) is 0 Å². The first kappa shape index (κ1) is 13.4. The van der Waals surface area contributed by atoms with Gasteiger partial charge < -0.3 is 20.4 Å². The lowest BCUT2D eigenvalue weighted by atomic mass is 9.95. The van der Waals surface area contributed by atoms with Crippen LogP contribution in [0.3, 0.4) is 0 Å². The van der Waals surface area contributed by atoms with E-state index >= 15 is 0 Å². The highest BCUT2D eigenvalue weighted by molar-refractivity contribution is 5.83. The van der Waals surface area contributed by atoms with Gasteiger partial charge in [-0.2, -0.15) is 0 Å². The molecule has 16 heavy (non-hydrogen) atoms. The van der Waals surface area contributed by atoms with Crippen molar-refractivity contribution in [2.45, 2.75) is 38.3 Å². The lowest BCUT2D eigenvalue weighted by molar-refractivity contribution is -0.146. The summed E-state index contributed by atoms with van der Waals surface area (Å²) in [5.74, 6) is -0.0151. The summed E-state index contributed by atoms with van der Waals surface area (Å²) in [5, 5.41) is 21.7. The molecule has 5 heteroatoms. The Balaban J connectivity index is 2.76. The summed E-state index contributed by atoms with van der Waals surface area (Å²) in [7, 11) is 0.